The first-order valence-corrected chi connectivity index (χ1v) is 42.1. The average molecular weight is 1810 g/mol. The van der Waals surface area contributed by atoms with Gasteiger partial charge < -0.3 is 138 Å². The molecule has 10 rings (SSSR count). The quantitative estimate of drug-likeness (QED) is 0.0203. The highest BCUT2D eigenvalue weighted by Crippen LogP contribution is 2.41. The number of carbonyl (C=O) groups is 9. The number of amides is 9. The molecule has 3 aromatic carbocycles. The first kappa shape index (κ1) is 98.9. The van der Waals surface area contributed by atoms with Crippen LogP contribution in [0.25, 0.3) is 22.0 Å². The molecule has 41 nitrogen and oxygen atoms in total. The van der Waals surface area contributed by atoms with Crippen LogP contribution in [0.15, 0.2) is 121 Å². The normalized spacial score (nSPS) is 11.4. The molecule has 7 aromatic heterocycles. The number of nitrogens with one attached hydrogen (secondary N) is 10. The number of ether oxygens (including phenoxy) is 10. The Bertz CT molecular complexity index is 5560. The van der Waals surface area contributed by atoms with Gasteiger partial charge in [-0.1, -0.05) is 6.07 Å². The zero-order valence-corrected chi connectivity index (χ0v) is 74.2. The van der Waals surface area contributed by atoms with Crippen molar-refractivity contribution < 1.29 is 100 Å². The molecule has 0 unspecified atom stereocenters. The largest absolute Gasteiger partial charge is 0.491 e. The van der Waals surface area contributed by atoms with Crippen LogP contribution in [0.4, 0.5) is 33.1 Å². The summed E-state index contributed by atoms with van der Waals surface area (Å²) < 4.78 is 80.0. The van der Waals surface area contributed by atoms with Gasteiger partial charge in [0.1, 0.15) is 52.3 Å². The fraction of sp³-hybridized carbons (Fsp3) is 0.420. The molecule has 0 spiro atoms. The van der Waals surface area contributed by atoms with E-state index in [2.05, 4.69) is 67.8 Å². The topological polar surface area (TPSA) is 502 Å². The van der Waals surface area contributed by atoms with Gasteiger partial charge in [-0.3, -0.25) is 47.9 Å². The lowest BCUT2D eigenvalue weighted by molar-refractivity contribution is -0.121. The summed E-state index contributed by atoms with van der Waals surface area (Å²) in [6, 6.07) is 19.4. The van der Waals surface area contributed by atoms with E-state index in [9.17, 15) is 57.4 Å². The van der Waals surface area contributed by atoms with Gasteiger partial charge in [0.2, 0.25) is 29.4 Å². The van der Waals surface area contributed by atoms with E-state index in [0.29, 0.717) is 180 Å². The summed E-state index contributed by atoms with van der Waals surface area (Å²) in [6.07, 6.45) is 11.0. The van der Waals surface area contributed by atoms with Crippen molar-refractivity contribution in [3.8, 4) is 28.4 Å². The fourth-order valence-corrected chi connectivity index (χ4v) is 13.1. The highest BCUT2D eigenvalue weighted by molar-refractivity contribution is 6.09. The Morgan fingerprint density at radius 3 is 1.51 bits per heavy atom. The summed E-state index contributed by atoms with van der Waals surface area (Å²) >= 11 is 0. The maximum atomic E-state index is 14.3. The van der Waals surface area contributed by atoms with Crippen molar-refractivity contribution in [1.82, 2.24) is 68.6 Å². The van der Waals surface area contributed by atoms with Gasteiger partial charge in [0, 0.05) is 153 Å². The van der Waals surface area contributed by atoms with Crippen LogP contribution in [-0.4, -0.2) is 251 Å². The van der Waals surface area contributed by atoms with Crippen molar-refractivity contribution in [3.63, 3.8) is 0 Å². The lowest BCUT2D eigenvalue weighted by atomic mass is 9.93. The molecule has 0 bridgehead atoms. The van der Waals surface area contributed by atoms with Crippen LogP contribution in [-0.2, 0) is 99.7 Å². The first-order valence-electron chi connectivity index (χ1n) is 42.1. The Labute approximate surface area is 748 Å². The molecule has 9 amide bonds. The standard InChI is InChI=1S/C88H113FN20O21/c1-56-45-59(89)46-57(2)77(56)130-70-16-11-58(88(3,4)120)47-64(70)66-53-108(9)87(119)76-65(66)50-67(99-76)81(113)96-60-12-14-63(15-13-60)129-44-43-128-42-41-127-40-39-126-38-37-125-36-35-124-34-33-123-32-31-122-30-29-121-28-25-91-73(110)17-21-95-84(116)79-102-71(54-106(79)7)100-75(112)19-23-94-83(115)69-49-62(52-109(69)26-10-20-90)98-86(118)80-103-72(55-107(80)8)101-74(111)18-22-93-82(114)68-48-61(51-105(68)6)97-85(117)78-92-24-27-104(78)5/h11-16,24,27,45-55,99,120H,10,17-23,25-26,28-44,90H2,1-9H3,(H,91,110)(H,93,114)(H,94,115)(H,95,116)(H,96,113)(H,97,117)(H,98,118)(H,100,112)(H,101,111). The first-order chi connectivity index (χ1) is 62.5. The Kier molecular flexibility index (Phi) is 37.5. The van der Waals surface area contributed by atoms with E-state index in [4.69, 9.17) is 53.1 Å². The molecule has 0 fully saturated rings. The van der Waals surface area contributed by atoms with Crippen molar-refractivity contribution in [1.29, 1.82) is 0 Å². The van der Waals surface area contributed by atoms with Crippen LogP contribution in [0.3, 0.4) is 0 Å². The summed E-state index contributed by atoms with van der Waals surface area (Å²) in [5, 5.41) is 35.8. The Hall–Kier alpha value is -13.3. The van der Waals surface area contributed by atoms with E-state index in [1.165, 1.54) is 61.1 Å². The second kappa shape index (κ2) is 49.3. The Balaban J connectivity index is 0.484. The minimum absolute atomic E-state index is 0.00612. The van der Waals surface area contributed by atoms with Crippen molar-refractivity contribution in [2.75, 3.05) is 172 Å². The second-order valence-electron chi connectivity index (χ2n) is 30.4. The molecular weight excluding hydrogens is 1690 g/mol. The maximum Gasteiger partial charge on any atom is 0.291 e. The van der Waals surface area contributed by atoms with Gasteiger partial charge in [0.15, 0.2) is 17.5 Å². The zero-order valence-electron chi connectivity index (χ0n) is 74.2. The molecule has 10 aromatic rings. The summed E-state index contributed by atoms with van der Waals surface area (Å²) in [7, 11) is 8.04. The number of aromatic nitrogens is 10. The molecule has 0 aliphatic rings. The van der Waals surface area contributed by atoms with Gasteiger partial charge in [0.25, 0.3) is 41.0 Å². The van der Waals surface area contributed by atoms with Crippen LogP contribution in [0.1, 0.15) is 120 Å². The second-order valence-corrected chi connectivity index (χ2v) is 30.4. The number of aromatic amines is 1. The van der Waals surface area contributed by atoms with E-state index >= 15 is 0 Å². The molecule has 13 N–H and O–H groups in total. The average Bonchev–Trinajstić information content (AvgIpc) is 1.56. The number of hydrogen-bond acceptors (Lipinski definition) is 25. The van der Waals surface area contributed by atoms with Crippen molar-refractivity contribution >= 4 is 92.8 Å². The van der Waals surface area contributed by atoms with Crippen LogP contribution >= 0.6 is 0 Å². The van der Waals surface area contributed by atoms with Crippen LogP contribution < -0.4 is 68.6 Å². The molecule has 0 atom stereocenters. The minimum Gasteiger partial charge on any atom is -0.491 e. The number of halogens is 1. The number of nitrogens with two attached hydrogens (primary N) is 1. The van der Waals surface area contributed by atoms with E-state index in [-0.39, 0.29) is 133 Å². The van der Waals surface area contributed by atoms with Gasteiger partial charge in [-0.2, -0.15) is 0 Å². The molecule has 0 saturated carbocycles. The molecule has 0 radical (unpaired) electrons. The van der Waals surface area contributed by atoms with Crippen LogP contribution in [0.2, 0.25) is 0 Å². The number of aliphatic hydroxyl groups is 1. The van der Waals surface area contributed by atoms with Crippen LogP contribution in [0, 0.1) is 19.7 Å². The van der Waals surface area contributed by atoms with Crippen molar-refractivity contribution in [2.45, 2.75) is 65.5 Å². The van der Waals surface area contributed by atoms with Gasteiger partial charge in [-0.15, -0.1) is 0 Å². The number of fused-ring (bicyclic) bond motifs is 1. The van der Waals surface area contributed by atoms with Gasteiger partial charge >= 0.3 is 0 Å². The number of aryl methyl sites for hydroxylation is 8. The summed E-state index contributed by atoms with van der Waals surface area (Å²) in [5.74, 6) is -3.22. The number of H-pyrrole nitrogens is 1. The monoisotopic (exact) mass is 1800 g/mol. The SMILES string of the molecule is Cc1cc(F)cc(C)c1Oc1ccc(C(C)(C)O)cc1-c1cn(C)c(=O)c2[nH]c(C(=O)Nc3ccc(OCCOCCOCCOCCOCCOCCOCCOCCOCCNC(=O)CCNC(=O)c4nc(NC(=O)CCNC(=O)c5cc(NC(=O)c6nc(NC(=O)CCNC(=O)c7cc(NC(=O)c8nccn8C)cn7C)cn6C)cn5CCCN)cn4C)cc3)cc12. The third-order valence-corrected chi connectivity index (χ3v) is 19.7. The number of benzene rings is 3. The summed E-state index contributed by atoms with van der Waals surface area (Å²) in [4.78, 5) is 147. The molecule has 0 aliphatic heterocycles. The molecule has 0 aliphatic carbocycles. The molecule has 130 heavy (non-hydrogen) atoms. The number of carbonyl (C=O) groups excluding carboxylic acids is 9. The highest BCUT2D eigenvalue weighted by atomic mass is 19.1. The van der Waals surface area contributed by atoms with Gasteiger partial charge in [-0.05, 0) is 124 Å². The van der Waals surface area contributed by atoms with E-state index in [1.807, 2.05) is 0 Å². The Morgan fingerprint density at radius 1 is 0.477 bits per heavy atom. The lowest BCUT2D eigenvalue weighted by Gasteiger charge is -2.22. The third-order valence-electron chi connectivity index (χ3n) is 19.7. The molecule has 0 saturated heterocycles. The predicted octanol–water partition coefficient (Wildman–Crippen LogP) is 5.72. The molecular formula is C88H113FN20O21. The smallest absolute Gasteiger partial charge is 0.291 e. The number of imidazole rings is 3. The zero-order chi connectivity index (χ0) is 93.2. The highest BCUT2D eigenvalue weighted by Gasteiger charge is 2.27. The number of rotatable bonds is 55. The van der Waals surface area contributed by atoms with Gasteiger partial charge in [0.05, 0.1) is 123 Å². The van der Waals surface area contributed by atoms with E-state index in [0.717, 1.165) is 0 Å². The maximum absolute atomic E-state index is 14.3. The molecule has 698 valence electrons. The van der Waals surface area contributed by atoms with Crippen molar-refractivity contribution in [2.24, 2.45) is 41.0 Å². The molecule has 42 heteroatoms. The van der Waals surface area contributed by atoms with E-state index in [1.54, 1.807) is 145 Å². The number of hydrogen-bond donors (Lipinski definition) is 12. The molecule has 7 heterocycles. The lowest BCUT2D eigenvalue weighted by Crippen LogP contribution is -2.33. The van der Waals surface area contributed by atoms with Crippen molar-refractivity contribution in [3.05, 3.63) is 184 Å². The fourth-order valence-electron chi connectivity index (χ4n) is 13.1. The minimum atomic E-state index is -1.23. The number of pyridine rings is 1. The Morgan fingerprint density at radius 2 is 0.969 bits per heavy atom. The summed E-state index contributed by atoms with van der Waals surface area (Å²) in [6.45, 7) is 13.6. The summed E-state index contributed by atoms with van der Waals surface area (Å²) in [5.41, 5.74) is 8.91. The number of anilines is 5. The van der Waals surface area contributed by atoms with Crippen LogP contribution in [0.5, 0.6) is 17.2 Å². The van der Waals surface area contributed by atoms with Gasteiger partial charge in [-0.25, -0.2) is 19.3 Å². The predicted molar refractivity (Wildman–Crippen MR) is 477 cm³/mol. The number of nitrogens with zero attached hydrogens (tertiary/aromatic N) is 9. The van der Waals surface area contributed by atoms with E-state index < -0.39 is 52.9 Å². The third kappa shape index (κ3) is 29.9.